The van der Waals surface area contributed by atoms with Crippen LogP contribution in [0, 0.1) is 0 Å². The van der Waals surface area contributed by atoms with Crippen molar-refractivity contribution in [2.24, 2.45) is 0 Å². The van der Waals surface area contributed by atoms with Gasteiger partial charge in [0.25, 0.3) is 23.6 Å². The van der Waals surface area contributed by atoms with Crippen molar-refractivity contribution < 1.29 is 33.3 Å². The molecule has 0 unspecified atom stereocenters. The molecule has 0 fully saturated rings. The average molecular weight is 438 g/mol. The van der Waals surface area contributed by atoms with Crippen molar-refractivity contribution in [1.82, 2.24) is 20.4 Å². The molecule has 0 saturated heterocycles. The Labute approximate surface area is 175 Å². The topological polar surface area (TPSA) is 156 Å². The molecule has 0 aromatic rings. The van der Waals surface area contributed by atoms with Crippen molar-refractivity contribution in [3.05, 3.63) is 24.3 Å². The number of hydrogen-bond donors (Lipinski definition) is 2. The molecule has 2 N–H and O–H groups in total. The summed E-state index contributed by atoms with van der Waals surface area (Å²) in [5, 5.41) is 5.08. The van der Waals surface area contributed by atoms with E-state index in [1.54, 1.807) is 0 Å². The summed E-state index contributed by atoms with van der Waals surface area (Å²) in [6.07, 6.45) is 4.61. The normalized spacial score (nSPS) is 15.7. The number of imide groups is 2. The van der Waals surface area contributed by atoms with Crippen molar-refractivity contribution in [2.75, 3.05) is 37.7 Å². The highest BCUT2D eigenvalue weighted by atomic mass is 32.2. The first-order chi connectivity index (χ1) is 14.3. The van der Waals surface area contributed by atoms with Crippen LogP contribution in [0.15, 0.2) is 24.3 Å². The highest BCUT2D eigenvalue weighted by molar-refractivity contribution is 7.91. The van der Waals surface area contributed by atoms with Crippen LogP contribution in [-0.4, -0.2) is 87.5 Å². The molecular weight excluding hydrogens is 416 g/mol. The summed E-state index contributed by atoms with van der Waals surface area (Å²) >= 11 is -1.38. The number of rotatable bonds is 12. The van der Waals surface area contributed by atoms with Gasteiger partial charge >= 0.3 is 0 Å². The van der Waals surface area contributed by atoms with E-state index in [9.17, 15) is 33.3 Å². The predicted octanol–water partition coefficient (Wildman–Crippen LogP) is -2.40. The molecule has 11 nitrogen and oxygen atoms in total. The zero-order chi connectivity index (χ0) is 22.1. The van der Waals surface area contributed by atoms with E-state index in [0.717, 1.165) is 34.1 Å². The van der Waals surface area contributed by atoms with Crippen LogP contribution in [0.3, 0.4) is 0 Å². The number of nitrogens with zero attached hydrogens (tertiary/aromatic N) is 2. The fraction of sp³-hybridized carbons (Fsp3) is 0.444. The molecule has 0 atom stereocenters. The summed E-state index contributed by atoms with van der Waals surface area (Å²) in [5.74, 6) is -2.29. The monoisotopic (exact) mass is 438 g/mol. The molecule has 0 aliphatic carbocycles. The molecule has 0 radical (unpaired) electrons. The van der Waals surface area contributed by atoms with Gasteiger partial charge in [-0.15, -0.1) is 0 Å². The predicted molar refractivity (Wildman–Crippen MR) is 105 cm³/mol. The second-order valence-corrected chi connectivity index (χ2v) is 8.07. The Balaban J connectivity index is 1.51. The van der Waals surface area contributed by atoms with Crippen LogP contribution < -0.4 is 10.6 Å². The maximum atomic E-state index is 11.9. The van der Waals surface area contributed by atoms with Gasteiger partial charge in [-0.05, 0) is 0 Å². The standard InChI is InChI=1S/C18H22N4O7S/c23-13(19-7-9-21-15(25)1-2-16(21)26)5-11-30(29)12-6-14(24)20-8-10-22-17(27)3-4-18(22)28/h1-4H,5-12H2,(H,19,23)(H,20,24). The lowest BCUT2D eigenvalue weighted by atomic mass is 10.4. The van der Waals surface area contributed by atoms with Crippen LogP contribution in [-0.2, 0) is 39.9 Å². The van der Waals surface area contributed by atoms with Gasteiger partial charge in [-0.3, -0.25) is 38.6 Å². The van der Waals surface area contributed by atoms with E-state index >= 15 is 0 Å². The van der Waals surface area contributed by atoms with Gasteiger partial charge in [0.15, 0.2) is 0 Å². The molecule has 12 heteroatoms. The molecule has 0 spiro atoms. The van der Waals surface area contributed by atoms with Gasteiger partial charge in [0, 0.05) is 50.5 Å². The lowest BCUT2D eigenvalue weighted by Gasteiger charge is -2.15. The van der Waals surface area contributed by atoms with Gasteiger partial charge in [-0.1, -0.05) is 11.2 Å². The highest BCUT2D eigenvalue weighted by Gasteiger charge is 2.23. The summed E-state index contributed by atoms with van der Waals surface area (Å²) in [7, 11) is 0. The fourth-order valence-corrected chi connectivity index (χ4v) is 3.64. The van der Waals surface area contributed by atoms with E-state index in [-0.39, 0.29) is 62.3 Å². The third kappa shape index (κ3) is 7.12. The van der Waals surface area contributed by atoms with E-state index in [1.807, 2.05) is 0 Å². The Morgan fingerprint density at radius 1 is 0.733 bits per heavy atom. The summed E-state index contributed by atoms with van der Waals surface area (Å²) in [6, 6.07) is 0. The SMILES string of the molecule is O=C(CC[S+]([O-])CCC(=O)NCCN1C(=O)C=CC1=O)NCCN1C(=O)C=CC1=O. The molecule has 2 aliphatic rings. The first kappa shape index (κ1) is 23.3. The van der Waals surface area contributed by atoms with Crippen LogP contribution in [0.4, 0.5) is 0 Å². The minimum Gasteiger partial charge on any atom is -0.616 e. The summed E-state index contributed by atoms with van der Waals surface area (Å²) in [4.78, 5) is 71.0. The summed E-state index contributed by atoms with van der Waals surface area (Å²) in [6.45, 7) is 0.323. The van der Waals surface area contributed by atoms with Crippen molar-refractivity contribution in [3.8, 4) is 0 Å². The number of hydrogen-bond acceptors (Lipinski definition) is 7. The van der Waals surface area contributed by atoms with E-state index in [1.165, 1.54) is 0 Å². The molecule has 0 aromatic heterocycles. The molecule has 30 heavy (non-hydrogen) atoms. The summed E-state index contributed by atoms with van der Waals surface area (Å²) in [5.41, 5.74) is 0. The van der Waals surface area contributed by atoms with Crippen LogP contribution in [0.2, 0.25) is 0 Å². The number of amides is 6. The third-order valence-electron chi connectivity index (χ3n) is 4.23. The van der Waals surface area contributed by atoms with E-state index in [0.29, 0.717) is 0 Å². The van der Waals surface area contributed by atoms with Crippen molar-refractivity contribution in [2.45, 2.75) is 12.8 Å². The number of nitrogens with one attached hydrogen (secondary N) is 2. The molecule has 162 valence electrons. The van der Waals surface area contributed by atoms with E-state index in [2.05, 4.69) is 10.6 Å². The first-order valence-electron chi connectivity index (χ1n) is 9.23. The highest BCUT2D eigenvalue weighted by Crippen LogP contribution is 2.03. The molecule has 2 heterocycles. The maximum Gasteiger partial charge on any atom is 0.253 e. The Kier molecular flexibility index (Phi) is 8.74. The van der Waals surface area contributed by atoms with E-state index in [4.69, 9.17) is 0 Å². The minimum atomic E-state index is -1.38. The number of carbonyl (C=O) groups excluding carboxylic acids is 6. The first-order valence-corrected chi connectivity index (χ1v) is 10.7. The third-order valence-corrected chi connectivity index (χ3v) is 5.55. The Morgan fingerprint density at radius 3 is 1.40 bits per heavy atom. The molecular formula is C18H22N4O7S. The van der Waals surface area contributed by atoms with Crippen molar-refractivity contribution >= 4 is 46.6 Å². The summed E-state index contributed by atoms with van der Waals surface area (Å²) < 4.78 is 11.9. The Hall–Kier alpha value is -2.99. The van der Waals surface area contributed by atoms with Gasteiger partial charge in [-0.25, -0.2) is 0 Å². The molecule has 2 rings (SSSR count). The van der Waals surface area contributed by atoms with Crippen molar-refractivity contribution in [1.29, 1.82) is 0 Å². The van der Waals surface area contributed by atoms with Gasteiger partial charge in [0.1, 0.15) is 11.5 Å². The Bertz CT molecular complexity index is 695. The lowest BCUT2D eigenvalue weighted by molar-refractivity contribution is -0.138. The minimum absolute atomic E-state index is 0.0133. The quantitative estimate of drug-likeness (QED) is 0.254. The van der Waals surface area contributed by atoms with Crippen LogP contribution in [0.1, 0.15) is 12.8 Å². The van der Waals surface area contributed by atoms with Gasteiger partial charge in [0.05, 0.1) is 12.8 Å². The fourth-order valence-electron chi connectivity index (χ4n) is 2.61. The molecule has 2 aliphatic heterocycles. The Morgan fingerprint density at radius 2 is 1.07 bits per heavy atom. The maximum absolute atomic E-state index is 11.9. The van der Waals surface area contributed by atoms with Gasteiger partial charge in [-0.2, -0.15) is 0 Å². The van der Waals surface area contributed by atoms with Crippen LogP contribution in [0.25, 0.3) is 0 Å². The zero-order valence-corrected chi connectivity index (χ0v) is 16.9. The van der Waals surface area contributed by atoms with Crippen LogP contribution in [0.5, 0.6) is 0 Å². The molecule has 0 aromatic carbocycles. The molecule has 6 amide bonds. The number of carbonyl (C=O) groups is 6. The zero-order valence-electron chi connectivity index (χ0n) is 16.1. The lowest BCUT2D eigenvalue weighted by Crippen LogP contribution is -2.39. The second-order valence-electron chi connectivity index (χ2n) is 6.37. The average Bonchev–Trinajstić information content (AvgIpc) is 3.20. The smallest absolute Gasteiger partial charge is 0.253 e. The molecule has 0 saturated carbocycles. The second kappa shape index (κ2) is 11.3. The largest absolute Gasteiger partial charge is 0.616 e. The van der Waals surface area contributed by atoms with Crippen LogP contribution >= 0.6 is 0 Å². The van der Waals surface area contributed by atoms with Crippen molar-refractivity contribution in [3.63, 3.8) is 0 Å². The van der Waals surface area contributed by atoms with E-state index < -0.39 is 34.8 Å². The van der Waals surface area contributed by atoms with Gasteiger partial charge < -0.3 is 15.2 Å². The molecule has 0 bridgehead atoms. The van der Waals surface area contributed by atoms with Gasteiger partial charge in [0.2, 0.25) is 11.8 Å².